The molecule has 0 aromatic heterocycles. The summed E-state index contributed by atoms with van der Waals surface area (Å²) in [6.45, 7) is 3.03. The van der Waals surface area contributed by atoms with E-state index in [0.717, 1.165) is 9.21 Å². The Kier molecular flexibility index (Phi) is 7.06. The number of sulfonamides is 1. The summed E-state index contributed by atoms with van der Waals surface area (Å²) in [6.07, 6.45) is -5.15. The van der Waals surface area contributed by atoms with E-state index < -0.39 is 39.8 Å². The lowest BCUT2D eigenvalue weighted by Gasteiger charge is -2.45. The number of aliphatic hydroxyl groups excluding tert-OH is 1. The van der Waals surface area contributed by atoms with Gasteiger partial charge in [-0.25, -0.2) is 8.42 Å². The highest BCUT2D eigenvalue weighted by molar-refractivity contribution is 7.89. The largest absolute Gasteiger partial charge is 0.426 e. The number of nitrogens with zero attached hydrogens (tertiary/aromatic N) is 2. The van der Waals surface area contributed by atoms with E-state index in [2.05, 4.69) is 5.32 Å². The van der Waals surface area contributed by atoms with Gasteiger partial charge in [0.1, 0.15) is 0 Å². The molecule has 2 rings (SSSR count). The van der Waals surface area contributed by atoms with Gasteiger partial charge >= 0.3 is 6.18 Å². The first-order valence-electron chi connectivity index (χ1n) is 9.30. The van der Waals surface area contributed by atoms with Crippen LogP contribution in [0.3, 0.4) is 0 Å². The lowest BCUT2D eigenvalue weighted by Crippen LogP contribution is -2.65. The normalized spacial score (nSPS) is 23.1. The molecular weight excluding hydrogens is 427 g/mol. The molecule has 8 nitrogen and oxygen atoms in total. The number of hydrogen-bond acceptors (Lipinski definition) is 6. The monoisotopic (exact) mass is 453 g/mol. The Labute approximate surface area is 173 Å². The Bertz CT molecular complexity index is 859. The number of nitrogens with one attached hydrogen (secondary N) is 1. The number of piperazine rings is 1. The van der Waals surface area contributed by atoms with Crippen LogP contribution in [-0.2, 0) is 14.8 Å². The maximum atomic E-state index is 13.0. The maximum absolute atomic E-state index is 13.0. The molecule has 1 amide bonds. The van der Waals surface area contributed by atoms with Crippen LogP contribution >= 0.6 is 0 Å². The second kappa shape index (κ2) is 8.69. The minimum absolute atomic E-state index is 0.00170. The number of aliphatic hydroxyl groups is 2. The Balaban J connectivity index is 2.21. The van der Waals surface area contributed by atoms with Crippen molar-refractivity contribution in [3.8, 4) is 0 Å². The van der Waals surface area contributed by atoms with Gasteiger partial charge in [0.15, 0.2) is 0 Å². The molecule has 170 valence electrons. The lowest BCUT2D eigenvalue weighted by atomic mass is 10.0. The lowest BCUT2D eigenvalue weighted by molar-refractivity contribution is -0.251. The van der Waals surface area contributed by atoms with Gasteiger partial charge in [0, 0.05) is 37.4 Å². The summed E-state index contributed by atoms with van der Waals surface area (Å²) >= 11 is 0. The first-order valence-corrected chi connectivity index (χ1v) is 10.7. The summed E-state index contributed by atoms with van der Waals surface area (Å²) < 4.78 is 66.3. The van der Waals surface area contributed by atoms with Crippen LogP contribution in [0, 0.1) is 0 Å². The van der Waals surface area contributed by atoms with Gasteiger partial charge in [-0.15, -0.1) is 0 Å². The number of carbonyl (C=O) groups excluding carboxylic acids is 1. The summed E-state index contributed by atoms with van der Waals surface area (Å²) in [5.74, 6) is -1.51. The van der Waals surface area contributed by atoms with Crippen LogP contribution < -0.4 is 5.32 Å². The van der Waals surface area contributed by atoms with Gasteiger partial charge in [-0.1, -0.05) is 0 Å². The molecule has 0 aliphatic carbocycles. The van der Waals surface area contributed by atoms with Crippen molar-refractivity contribution in [2.75, 3.05) is 31.6 Å². The molecule has 0 spiro atoms. The van der Waals surface area contributed by atoms with Crippen LogP contribution in [0.5, 0.6) is 0 Å². The van der Waals surface area contributed by atoms with Crippen LogP contribution in [-0.4, -0.2) is 83.8 Å². The van der Waals surface area contributed by atoms with Crippen LogP contribution in [0.15, 0.2) is 29.2 Å². The Hall–Kier alpha value is -1.89. The molecule has 1 saturated heterocycles. The smallest absolute Gasteiger partial charge is 0.395 e. The highest BCUT2D eigenvalue weighted by atomic mass is 32.2. The van der Waals surface area contributed by atoms with Crippen molar-refractivity contribution in [2.45, 2.75) is 49.5 Å². The van der Waals surface area contributed by atoms with Crippen LogP contribution in [0.4, 0.5) is 18.9 Å². The first kappa shape index (κ1) is 24.4. The van der Waals surface area contributed by atoms with Gasteiger partial charge in [0.25, 0.3) is 5.91 Å². The highest BCUT2D eigenvalue weighted by Gasteiger charge is 2.58. The summed E-state index contributed by atoms with van der Waals surface area (Å²) in [7, 11) is -3.96. The molecule has 1 unspecified atom stereocenters. The van der Waals surface area contributed by atoms with Crippen molar-refractivity contribution in [1.82, 2.24) is 9.21 Å². The quantitative estimate of drug-likeness (QED) is 0.593. The molecular formula is C18H26F3N3O5S. The van der Waals surface area contributed by atoms with Crippen LogP contribution in [0.1, 0.15) is 20.8 Å². The number of alkyl halides is 3. The van der Waals surface area contributed by atoms with Crippen molar-refractivity contribution >= 4 is 21.6 Å². The van der Waals surface area contributed by atoms with Crippen molar-refractivity contribution < 1.29 is 36.6 Å². The van der Waals surface area contributed by atoms with E-state index >= 15 is 0 Å². The third-order valence-electron chi connectivity index (χ3n) is 5.06. The van der Waals surface area contributed by atoms with E-state index in [4.69, 9.17) is 5.11 Å². The zero-order valence-corrected chi connectivity index (χ0v) is 17.7. The van der Waals surface area contributed by atoms with Crippen LogP contribution in [0.2, 0.25) is 0 Å². The van der Waals surface area contributed by atoms with E-state index in [0.29, 0.717) is 19.2 Å². The zero-order valence-electron chi connectivity index (χ0n) is 16.8. The molecule has 12 heteroatoms. The number of anilines is 1. The van der Waals surface area contributed by atoms with Gasteiger partial charge in [0.2, 0.25) is 15.6 Å². The maximum Gasteiger partial charge on any atom is 0.426 e. The number of amides is 1. The third kappa shape index (κ3) is 4.71. The van der Waals surface area contributed by atoms with E-state index in [1.165, 1.54) is 38.1 Å². The molecule has 0 radical (unpaired) electrons. The standard InChI is InChI=1S/C18H26F3N3O5S/c1-12-11-24(13(2)10-23(12)16(26)17(3,27)18(19,20)21)30(28,29)15-6-4-14(5-7-15)22-8-9-25/h4-7,12-13,22,25,27H,8-11H2,1-3H3/t12-,13?,17+/m0/s1. The summed E-state index contributed by atoms with van der Waals surface area (Å²) in [6, 6.07) is 4.18. The summed E-state index contributed by atoms with van der Waals surface area (Å²) in [5, 5.41) is 21.4. The molecule has 1 aromatic carbocycles. The molecule has 1 fully saturated rings. The molecule has 1 aliphatic rings. The predicted molar refractivity (Wildman–Crippen MR) is 103 cm³/mol. The van der Waals surface area contributed by atoms with Gasteiger partial charge < -0.3 is 20.4 Å². The highest BCUT2D eigenvalue weighted by Crippen LogP contribution is 2.34. The third-order valence-corrected chi connectivity index (χ3v) is 7.05. The van der Waals surface area contributed by atoms with Gasteiger partial charge in [-0.2, -0.15) is 17.5 Å². The average molecular weight is 453 g/mol. The number of halogens is 3. The molecule has 1 aliphatic heterocycles. The topological polar surface area (TPSA) is 110 Å². The fraction of sp³-hybridized carbons (Fsp3) is 0.611. The van der Waals surface area contributed by atoms with Gasteiger partial charge in [-0.05, 0) is 45.0 Å². The first-order chi connectivity index (χ1) is 13.7. The summed E-state index contributed by atoms with van der Waals surface area (Å²) in [4.78, 5) is 13.2. The SMILES string of the molecule is CC1CN(C(=O)[C@@](C)(O)C(F)(F)F)[C@@H](C)CN1S(=O)(=O)c1ccc(NCCO)cc1. The molecule has 3 atom stereocenters. The van der Waals surface area contributed by atoms with Crippen molar-refractivity contribution in [1.29, 1.82) is 0 Å². The second-order valence-corrected chi connectivity index (χ2v) is 9.37. The molecule has 0 saturated carbocycles. The van der Waals surface area contributed by atoms with E-state index in [1.54, 1.807) is 0 Å². The predicted octanol–water partition coefficient (Wildman–Crippen LogP) is 1.01. The number of hydrogen-bond donors (Lipinski definition) is 3. The molecule has 0 bridgehead atoms. The fourth-order valence-corrected chi connectivity index (χ4v) is 4.90. The van der Waals surface area contributed by atoms with E-state index in [1.807, 2.05) is 0 Å². The average Bonchev–Trinajstić information content (AvgIpc) is 2.66. The molecule has 1 heterocycles. The van der Waals surface area contributed by atoms with Gasteiger partial charge in [-0.3, -0.25) is 4.79 Å². The molecule has 1 aromatic rings. The minimum Gasteiger partial charge on any atom is -0.395 e. The van der Waals surface area contributed by atoms with Crippen molar-refractivity contribution in [3.05, 3.63) is 24.3 Å². The van der Waals surface area contributed by atoms with Gasteiger partial charge in [0.05, 0.1) is 11.5 Å². The second-order valence-electron chi connectivity index (χ2n) is 7.48. The molecule has 30 heavy (non-hydrogen) atoms. The van der Waals surface area contributed by atoms with E-state index in [-0.39, 0.29) is 24.6 Å². The zero-order chi connectivity index (χ0) is 22.9. The van der Waals surface area contributed by atoms with Crippen molar-refractivity contribution in [2.24, 2.45) is 0 Å². The number of carbonyl (C=O) groups is 1. The number of benzene rings is 1. The van der Waals surface area contributed by atoms with E-state index in [9.17, 15) is 31.5 Å². The fourth-order valence-electron chi connectivity index (χ4n) is 3.19. The number of rotatable bonds is 6. The van der Waals surface area contributed by atoms with Crippen molar-refractivity contribution in [3.63, 3.8) is 0 Å². The van der Waals surface area contributed by atoms with Crippen LogP contribution in [0.25, 0.3) is 0 Å². The Morgan fingerprint density at radius 2 is 1.73 bits per heavy atom. The minimum atomic E-state index is -5.15. The Morgan fingerprint density at radius 1 is 1.17 bits per heavy atom. The Morgan fingerprint density at radius 3 is 2.23 bits per heavy atom. The molecule has 3 N–H and O–H groups in total. The summed E-state index contributed by atoms with van der Waals surface area (Å²) in [5.41, 5.74) is -2.94.